The van der Waals surface area contributed by atoms with Gasteiger partial charge >= 0.3 is 0 Å². The summed E-state index contributed by atoms with van der Waals surface area (Å²) < 4.78 is 27.1. The Morgan fingerprint density at radius 3 is 2.91 bits per heavy atom. The average Bonchev–Trinajstić information content (AvgIpc) is 3.19. The standard InChI is InChI=1S/C14H18N4O3S2/c1-10-4-5-13(22-10)23(20,21)18-8-2-3-11(9-18)14(19)16-12-6-7-15-17-12/h4-7,11H,2-3,8-9H2,1H3,(H2,15,16,17,19). The second kappa shape index (κ2) is 6.42. The fourth-order valence-corrected chi connectivity index (χ4v) is 5.57. The zero-order valence-electron chi connectivity index (χ0n) is 12.7. The van der Waals surface area contributed by atoms with E-state index in [0.29, 0.717) is 29.4 Å². The molecule has 2 N–H and O–H groups in total. The number of nitrogens with one attached hydrogen (secondary N) is 2. The van der Waals surface area contributed by atoms with Crippen LogP contribution < -0.4 is 5.32 Å². The first-order chi connectivity index (χ1) is 11.0. The number of aromatic amines is 1. The Balaban J connectivity index is 1.71. The summed E-state index contributed by atoms with van der Waals surface area (Å²) >= 11 is 1.26. The molecule has 0 aromatic carbocycles. The van der Waals surface area contributed by atoms with Crippen molar-refractivity contribution in [2.45, 2.75) is 24.0 Å². The van der Waals surface area contributed by atoms with Crippen molar-refractivity contribution < 1.29 is 13.2 Å². The summed E-state index contributed by atoms with van der Waals surface area (Å²) in [6.07, 6.45) is 2.90. The first kappa shape index (κ1) is 16.2. The maximum absolute atomic E-state index is 12.7. The van der Waals surface area contributed by atoms with Crippen LogP contribution in [0.3, 0.4) is 0 Å². The molecule has 1 atom stereocenters. The lowest BCUT2D eigenvalue weighted by molar-refractivity contribution is -0.120. The topological polar surface area (TPSA) is 95.2 Å². The van der Waals surface area contributed by atoms with Crippen molar-refractivity contribution in [3.8, 4) is 0 Å². The van der Waals surface area contributed by atoms with Crippen LogP contribution in [-0.4, -0.2) is 41.9 Å². The first-order valence-corrected chi connectivity index (χ1v) is 9.59. The number of thiophene rings is 1. The fraction of sp³-hybridized carbons (Fsp3) is 0.429. The van der Waals surface area contributed by atoms with Gasteiger partial charge in [0, 0.05) is 24.0 Å². The van der Waals surface area contributed by atoms with Crippen molar-refractivity contribution in [2.75, 3.05) is 18.4 Å². The summed E-state index contributed by atoms with van der Waals surface area (Å²) in [6, 6.07) is 5.08. The molecule has 1 amide bonds. The summed E-state index contributed by atoms with van der Waals surface area (Å²) in [5.41, 5.74) is 0. The van der Waals surface area contributed by atoms with Crippen molar-refractivity contribution in [3.63, 3.8) is 0 Å². The Labute approximate surface area is 138 Å². The van der Waals surface area contributed by atoms with Crippen LogP contribution in [0.25, 0.3) is 0 Å². The van der Waals surface area contributed by atoms with Crippen LogP contribution in [0.4, 0.5) is 5.82 Å². The molecule has 0 bridgehead atoms. The van der Waals surface area contributed by atoms with Crippen LogP contribution in [0.1, 0.15) is 17.7 Å². The number of nitrogens with zero attached hydrogens (tertiary/aromatic N) is 2. The third-order valence-electron chi connectivity index (χ3n) is 3.82. The molecule has 1 saturated heterocycles. The summed E-state index contributed by atoms with van der Waals surface area (Å²) in [6.45, 7) is 2.53. The molecule has 1 fully saturated rings. The molecule has 0 radical (unpaired) electrons. The predicted molar refractivity (Wildman–Crippen MR) is 87.8 cm³/mol. The number of aromatic nitrogens is 2. The zero-order chi connectivity index (χ0) is 16.4. The van der Waals surface area contributed by atoms with Crippen LogP contribution in [0.2, 0.25) is 0 Å². The molecule has 1 unspecified atom stereocenters. The molecular formula is C14H18N4O3S2. The van der Waals surface area contributed by atoms with E-state index < -0.39 is 10.0 Å². The van der Waals surface area contributed by atoms with Gasteiger partial charge in [-0.1, -0.05) is 0 Å². The highest BCUT2D eigenvalue weighted by molar-refractivity contribution is 7.91. The van der Waals surface area contributed by atoms with Gasteiger partial charge in [-0.15, -0.1) is 11.3 Å². The van der Waals surface area contributed by atoms with Gasteiger partial charge in [0.25, 0.3) is 10.0 Å². The highest BCUT2D eigenvalue weighted by Gasteiger charge is 2.34. The van der Waals surface area contributed by atoms with E-state index in [1.807, 2.05) is 6.92 Å². The van der Waals surface area contributed by atoms with Gasteiger partial charge in [0.2, 0.25) is 5.91 Å². The van der Waals surface area contributed by atoms with E-state index in [4.69, 9.17) is 0 Å². The van der Waals surface area contributed by atoms with E-state index in [2.05, 4.69) is 15.5 Å². The molecule has 1 aliphatic rings. The van der Waals surface area contributed by atoms with Gasteiger partial charge in [0.15, 0.2) is 0 Å². The molecule has 9 heteroatoms. The highest BCUT2D eigenvalue weighted by Crippen LogP contribution is 2.28. The molecular weight excluding hydrogens is 336 g/mol. The SMILES string of the molecule is Cc1ccc(S(=O)(=O)N2CCCC(C(=O)Nc3ccn[nH]3)C2)s1. The Kier molecular flexibility index (Phi) is 4.51. The van der Waals surface area contributed by atoms with E-state index in [-0.39, 0.29) is 18.4 Å². The average molecular weight is 354 g/mol. The molecule has 0 aliphatic carbocycles. The number of carbonyl (C=O) groups excluding carboxylic acids is 1. The summed E-state index contributed by atoms with van der Waals surface area (Å²) in [5.74, 6) is -0.0248. The van der Waals surface area contributed by atoms with Crippen LogP contribution >= 0.6 is 11.3 Å². The number of anilines is 1. The number of carbonyl (C=O) groups is 1. The number of hydrogen-bond acceptors (Lipinski definition) is 5. The lowest BCUT2D eigenvalue weighted by Gasteiger charge is -2.30. The Morgan fingerprint density at radius 2 is 2.26 bits per heavy atom. The second-order valence-corrected chi connectivity index (χ2v) is 8.98. The smallest absolute Gasteiger partial charge is 0.252 e. The van der Waals surface area contributed by atoms with Crippen molar-refractivity contribution in [3.05, 3.63) is 29.3 Å². The van der Waals surface area contributed by atoms with Crippen LogP contribution in [0.15, 0.2) is 28.6 Å². The number of hydrogen-bond donors (Lipinski definition) is 2. The third kappa shape index (κ3) is 3.46. The van der Waals surface area contributed by atoms with Crippen molar-refractivity contribution in [2.24, 2.45) is 5.92 Å². The summed E-state index contributed by atoms with van der Waals surface area (Å²) in [4.78, 5) is 13.3. The monoisotopic (exact) mass is 354 g/mol. The molecule has 7 nitrogen and oxygen atoms in total. The van der Waals surface area contributed by atoms with Crippen LogP contribution in [0.5, 0.6) is 0 Å². The largest absolute Gasteiger partial charge is 0.311 e. The summed E-state index contributed by atoms with van der Waals surface area (Å²) in [7, 11) is -3.52. The number of amides is 1. The summed E-state index contributed by atoms with van der Waals surface area (Å²) in [5, 5.41) is 9.17. The number of sulfonamides is 1. The minimum atomic E-state index is -3.52. The maximum Gasteiger partial charge on any atom is 0.252 e. The van der Waals surface area contributed by atoms with E-state index in [0.717, 1.165) is 4.88 Å². The van der Waals surface area contributed by atoms with Gasteiger partial charge in [0.1, 0.15) is 10.0 Å². The number of H-pyrrole nitrogens is 1. The number of aryl methyl sites for hydroxylation is 1. The van der Waals surface area contributed by atoms with Crippen molar-refractivity contribution in [1.29, 1.82) is 0 Å². The Morgan fingerprint density at radius 1 is 1.43 bits per heavy atom. The molecule has 2 aromatic rings. The number of rotatable bonds is 4. The number of piperidine rings is 1. The Hall–Kier alpha value is -1.71. The Bertz CT molecular complexity index is 783. The molecule has 124 valence electrons. The minimum Gasteiger partial charge on any atom is -0.311 e. The van der Waals surface area contributed by atoms with Crippen molar-refractivity contribution >= 4 is 33.1 Å². The fourth-order valence-electron chi connectivity index (χ4n) is 2.61. The lowest BCUT2D eigenvalue weighted by Crippen LogP contribution is -2.43. The molecule has 0 saturated carbocycles. The van der Waals surface area contributed by atoms with Crippen molar-refractivity contribution in [1.82, 2.24) is 14.5 Å². The van der Waals surface area contributed by atoms with Crippen LogP contribution in [-0.2, 0) is 14.8 Å². The van der Waals surface area contributed by atoms with E-state index >= 15 is 0 Å². The van der Waals surface area contributed by atoms with Gasteiger partial charge in [-0.2, -0.15) is 9.40 Å². The quantitative estimate of drug-likeness (QED) is 0.875. The molecule has 23 heavy (non-hydrogen) atoms. The van der Waals surface area contributed by atoms with Gasteiger partial charge < -0.3 is 5.32 Å². The highest BCUT2D eigenvalue weighted by atomic mass is 32.2. The predicted octanol–water partition coefficient (Wildman–Crippen LogP) is 1.82. The maximum atomic E-state index is 12.7. The molecule has 3 rings (SSSR count). The normalized spacial score (nSPS) is 19.6. The molecule has 3 heterocycles. The van der Waals surface area contributed by atoms with Gasteiger partial charge in [-0.05, 0) is 31.9 Å². The molecule has 2 aromatic heterocycles. The lowest BCUT2D eigenvalue weighted by atomic mass is 9.99. The van der Waals surface area contributed by atoms with Gasteiger partial charge in [-0.3, -0.25) is 9.89 Å². The van der Waals surface area contributed by atoms with E-state index in [1.54, 1.807) is 24.4 Å². The molecule has 1 aliphatic heterocycles. The zero-order valence-corrected chi connectivity index (χ0v) is 14.3. The van der Waals surface area contributed by atoms with Gasteiger partial charge in [0.05, 0.1) is 12.1 Å². The van der Waals surface area contributed by atoms with E-state index in [1.165, 1.54) is 15.6 Å². The molecule has 0 spiro atoms. The first-order valence-electron chi connectivity index (χ1n) is 7.33. The van der Waals surface area contributed by atoms with Gasteiger partial charge in [-0.25, -0.2) is 8.42 Å². The van der Waals surface area contributed by atoms with Crippen LogP contribution in [0, 0.1) is 12.8 Å². The third-order valence-corrected chi connectivity index (χ3v) is 7.16. The van der Waals surface area contributed by atoms with E-state index in [9.17, 15) is 13.2 Å². The minimum absolute atomic E-state index is 0.184. The second-order valence-electron chi connectivity index (χ2n) is 5.53.